The van der Waals surface area contributed by atoms with Gasteiger partial charge in [0.1, 0.15) is 14.5 Å². The van der Waals surface area contributed by atoms with E-state index >= 15 is 0 Å². The van der Waals surface area contributed by atoms with Crippen molar-refractivity contribution >= 4 is 37.5 Å². The summed E-state index contributed by atoms with van der Waals surface area (Å²) in [5, 5.41) is 8.69. The Kier molecular flexibility index (Phi) is 8.94. The molecule has 10 heteroatoms. The molecule has 0 bridgehead atoms. The minimum Gasteiger partial charge on any atom is -0.463 e. The van der Waals surface area contributed by atoms with E-state index in [4.69, 9.17) is 9.47 Å². The maximum Gasteiger partial charge on any atom is 0.315 e. The number of unbranched alkanes of at least 4 members (excludes halogenated alkanes) is 1. The lowest BCUT2D eigenvalue weighted by Gasteiger charge is -2.16. The molecule has 2 saturated heterocycles. The van der Waals surface area contributed by atoms with E-state index in [1.54, 1.807) is 21.7 Å². The zero-order chi connectivity index (χ0) is 20.6. The molecule has 3 N–H and O–H groups in total. The highest BCUT2D eigenvalue weighted by Crippen LogP contribution is 2.33. The number of urea groups is 1. The number of hydrogen-bond donors (Lipinski definition) is 3. The van der Waals surface area contributed by atoms with E-state index in [2.05, 4.69) is 16.0 Å². The van der Waals surface area contributed by atoms with E-state index < -0.39 is 5.31 Å². The van der Waals surface area contributed by atoms with Gasteiger partial charge >= 0.3 is 12.0 Å². The van der Waals surface area contributed by atoms with Crippen molar-refractivity contribution in [2.45, 2.75) is 62.2 Å². The average Bonchev–Trinajstić information content (AvgIpc) is 3.16. The lowest BCUT2D eigenvalue weighted by Crippen LogP contribution is -2.36. The predicted molar refractivity (Wildman–Crippen MR) is 111 cm³/mol. The molecule has 3 amide bonds. The fourth-order valence-electron chi connectivity index (χ4n) is 3.14. The number of carbonyl (C=O) groups is 3. The molecule has 3 atom stereocenters. The molecule has 2 fully saturated rings. The van der Waals surface area contributed by atoms with E-state index in [-0.39, 0.29) is 36.6 Å². The third-order valence-electron chi connectivity index (χ3n) is 4.72. The molecule has 0 spiro atoms. The Hall–Kier alpha value is -1.42. The van der Waals surface area contributed by atoms with Crippen LogP contribution in [0.5, 0.6) is 0 Å². The van der Waals surface area contributed by atoms with Gasteiger partial charge in [-0.25, -0.2) is 4.79 Å². The number of rotatable bonds is 12. The van der Waals surface area contributed by atoms with Crippen molar-refractivity contribution in [3.8, 4) is 0 Å². The minimum absolute atomic E-state index is 0.0237. The Morgan fingerprint density at radius 1 is 1.25 bits per heavy atom. The lowest BCUT2D eigenvalue weighted by molar-refractivity contribution is -0.147. The molecule has 2 aliphatic heterocycles. The first-order chi connectivity index (χ1) is 13.3. The molecule has 28 heavy (non-hydrogen) atoms. The van der Waals surface area contributed by atoms with Gasteiger partial charge in [0.2, 0.25) is 5.91 Å². The number of amides is 3. The topological polar surface area (TPSA) is 106 Å². The number of thioether (sulfide) groups is 1. The fraction of sp³-hybridized carbons (Fsp3) is 0.833. The van der Waals surface area contributed by atoms with Crippen molar-refractivity contribution in [1.82, 2.24) is 16.0 Å². The molecule has 3 unspecified atom stereocenters. The van der Waals surface area contributed by atoms with Crippen molar-refractivity contribution < 1.29 is 23.9 Å². The molecule has 0 aromatic rings. The maximum absolute atomic E-state index is 11.8. The van der Waals surface area contributed by atoms with Crippen LogP contribution in [0.4, 0.5) is 4.79 Å². The first-order valence-electron chi connectivity index (χ1n) is 9.97. The third kappa shape index (κ3) is 7.54. The van der Waals surface area contributed by atoms with Crippen LogP contribution in [0.3, 0.4) is 0 Å². The highest BCUT2D eigenvalue weighted by Gasteiger charge is 2.42. The molecule has 0 saturated carbocycles. The van der Waals surface area contributed by atoms with E-state index in [1.165, 1.54) is 0 Å². The van der Waals surface area contributed by atoms with Gasteiger partial charge < -0.3 is 25.4 Å². The van der Waals surface area contributed by atoms with Gasteiger partial charge in [0.25, 0.3) is 0 Å². The largest absolute Gasteiger partial charge is 0.463 e. The van der Waals surface area contributed by atoms with Crippen molar-refractivity contribution in [3.05, 3.63) is 0 Å². The average molecular weight is 413 g/mol. The predicted octanol–water partition coefficient (Wildman–Crippen LogP) is 0.220. The molecule has 0 aromatic heterocycles. The molecular weight excluding hydrogens is 381 g/mol. The molecule has 0 radical (unpaired) electrons. The van der Waals surface area contributed by atoms with Crippen molar-refractivity contribution in [2.75, 3.05) is 32.1 Å². The summed E-state index contributed by atoms with van der Waals surface area (Å²) in [6, 6.07) is 0.420. The second-order valence-electron chi connectivity index (χ2n) is 8.22. The monoisotopic (exact) mass is 413 g/mol. The van der Waals surface area contributed by atoms with E-state index in [1.807, 2.05) is 11.8 Å². The molecule has 2 heterocycles. The van der Waals surface area contributed by atoms with Crippen molar-refractivity contribution in [3.63, 3.8) is 0 Å². The Morgan fingerprint density at radius 2 is 2.04 bits per heavy atom. The molecule has 8 nitrogen and oxygen atoms in total. The minimum atomic E-state index is -0.506. The highest BCUT2D eigenvalue weighted by atomic mass is 32.2. The summed E-state index contributed by atoms with van der Waals surface area (Å²) >= 11 is 1.90. The van der Waals surface area contributed by atoms with Crippen molar-refractivity contribution in [2.24, 2.45) is 0 Å². The van der Waals surface area contributed by atoms with Crippen LogP contribution >= 0.6 is 11.8 Å². The summed E-state index contributed by atoms with van der Waals surface area (Å²) in [6.07, 6.45) is 3.32. The SMILES string of the molecule is BC(C)(C)C(=O)OCCOCCNC(=O)CCCCC1SCC2NC(=O)NC21. The molecule has 0 aromatic carbocycles. The summed E-state index contributed by atoms with van der Waals surface area (Å²) < 4.78 is 10.4. The summed E-state index contributed by atoms with van der Waals surface area (Å²) in [6.45, 7) is 5.00. The van der Waals surface area contributed by atoms with Crippen LogP contribution in [0, 0.1) is 0 Å². The van der Waals surface area contributed by atoms with Crippen LogP contribution in [-0.4, -0.2) is 75.2 Å². The third-order valence-corrected chi connectivity index (χ3v) is 6.23. The van der Waals surface area contributed by atoms with E-state index in [9.17, 15) is 14.4 Å². The summed E-state index contributed by atoms with van der Waals surface area (Å²) in [5.74, 6) is 0.738. The number of fused-ring (bicyclic) bond motifs is 1. The summed E-state index contributed by atoms with van der Waals surface area (Å²) in [4.78, 5) is 34.8. The number of nitrogens with one attached hydrogen (secondary N) is 3. The molecule has 0 aliphatic carbocycles. The van der Waals surface area contributed by atoms with Crippen LogP contribution < -0.4 is 16.0 Å². The Morgan fingerprint density at radius 3 is 2.79 bits per heavy atom. The Balaban J connectivity index is 1.41. The second-order valence-corrected chi connectivity index (χ2v) is 9.49. The molecule has 2 rings (SSSR count). The number of carbonyl (C=O) groups excluding carboxylic acids is 3. The Bertz CT molecular complexity index is 558. The summed E-state index contributed by atoms with van der Waals surface area (Å²) in [7, 11) is 1.80. The van der Waals surface area contributed by atoms with Gasteiger partial charge in [-0.2, -0.15) is 11.8 Å². The maximum atomic E-state index is 11.8. The van der Waals surface area contributed by atoms with E-state index in [0.717, 1.165) is 25.0 Å². The van der Waals surface area contributed by atoms with Crippen LogP contribution in [0.1, 0.15) is 39.5 Å². The first-order valence-corrected chi connectivity index (χ1v) is 11.0. The zero-order valence-corrected chi connectivity index (χ0v) is 17.9. The molecular formula is C18H32BN3O5S. The summed E-state index contributed by atoms with van der Waals surface area (Å²) in [5.41, 5.74) is 0. The van der Waals surface area contributed by atoms with Gasteiger partial charge in [-0.05, 0) is 12.8 Å². The van der Waals surface area contributed by atoms with Gasteiger partial charge in [0.15, 0.2) is 0 Å². The van der Waals surface area contributed by atoms with Crippen LogP contribution in [0.15, 0.2) is 0 Å². The quantitative estimate of drug-likeness (QED) is 0.183. The fourth-order valence-corrected chi connectivity index (χ4v) is 4.68. The number of hydrogen-bond acceptors (Lipinski definition) is 6. The number of ether oxygens (including phenoxy) is 2. The lowest BCUT2D eigenvalue weighted by atomic mass is 9.73. The number of esters is 1. The van der Waals surface area contributed by atoms with E-state index in [0.29, 0.717) is 31.4 Å². The van der Waals surface area contributed by atoms with Crippen LogP contribution in [-0.2, 0) is 19.1 Å². The van der Waals surface area contributed by atoms with Gasteiger partial charge in [-0.1, -0.05) is 20.3 Å². The van der Waals surface area contributed by atoms with Crippen molar-refractivity contribution in [1.29, 1.82) is 0 Å². The second kappa shape index (κ2) is 10.9. The smallest absolute Gasteiger partial charge is 0.315 e. The van der Waals surface area contributed by atoms with Gasteiger partial charge in [0, 0.05) is 29.3 Å². The first kappa shape index (κ1) is 22.9. The van der Waals surface area contributed by atoms with Gasteiger partial charge in [0.05, 0.1) is 25.3 Å². The Labute approximate surface area is 172 Å². The highest BCUT2D eigenvalue weighted by molar-refractivity contribution is 8.00. The van der Waals surface area contributed by atoms with Gasteiger partial charge in [-0.3, -0.25) is 9.59 Å². The van der Waals surface area contributed by atoms with Gasteiger partial charge in [-0.15, -0.1) is 0 Å². The van der Waals surface area contributed by atoms with Crippen LogP contribution in [0.25, 0.3) is 0 Å². The zero-order valence-electron chi connectivity index (χ0n) is 17.0. The molecule has 158 valence electrons. The van der Waals surface area contributed by atoms with Crippen LogP contribution in [0.2, 0.25) is 5.31 Å². The molecule has 2 aliphatic rings. The normalized spacial score (nSPS) is 23.6. The standard InChI is InChI=1S/C18H32BN3O5S/c1-18(2,19)16(24)27-10-9-26-8-7-20-14(23)6-4-3-5-13-15-12(11-28-13)21-17(25)22-15/h12-13,15H,3-11,19H2,1-2H3,(H,20,23)(H2,21,22,25).